The van der Waals surface area contributed by atoms with Gasteiger partial charge in [-0.3, -0.25) is 4.90 Å². The predicted molar refractivity (Wildman–Crippen MR) is 88.7 cm³/mol. The molecule has 0 N–H and O–H groups in total. The van der Waals surface area contributed by atoms with Crippen LogP contribution in [-0.4, -0.2) is 22.1 Å². The lowest BCUT2D eigenvalue weighted by molar-refractivity contribution is 0.312. The lowest BCUT2D eigenvalue weighted by Crippen LogP contribution is -2.18. The highest BCUT2D eigenvalue weighted by molar-refractivity contribution is 7.13. The summed E-state index contributed by atoms with van der Waals surface area (Å²) in [5.41, 5.74) is 4.00. The van der Waals surface area contributed by atoms with Crippen molar-refractivity contribution in [1.29, 1.82) is 0 Å². The molecule has 0 atom stereocenters. The number of hydrogen-bond donors (Lipinski definition) is 0. The smallest absolute Gasteiger partial charge is 0.138 e. The maximum absolute atomic E-state index is 13.0. The largest absolute Gasteiger partial charge is 0.361 e. The van der Waals surface area contributed by atoms with E-state index in [1.807, 2.05) is 26.3 Å². The SMILES string of the molecule is Cc1noc(C)c1CN(C)Cc1csc(-c2ccc(F)cc2)n1. The highest BCUT2D eigenvalue weighted by Gasteiger charge is 2.13. The van der Waals surface area contributed by atoms with Gasteiger partial charge in [-0.1, -0.05) is 5.16 Å². The van der Waals surface area contributed by atoms with Crippen LogP contribution in [0, 0.1) is 19.7 Å². The van der Waals surface area contributed by atoms with Gasteiger partial charge in [0.2, 0.25) is 0 Å². The van der Waals surface area contributed by atoms with E-state index in [2.05, 4.69) is 15.0 Å². The summed E-state index contributed by atoms with van der Waals surface area (Å²) in [6.07, 6.45) is 0. The zero-order chi connectivity index (χ0) is 16.4. The van der Waals surface area contributed by atoms with Gasteiger partial charge in [0, 0.05) is 29.6 Å². The van der Waals surface area contributed by atoms with Gasteiger partial charge in [0.25, 0.3) is 0 Å². The Bertz CT molecular complexity index is 775. The highest BCUT2D eigenvalue weighted by atomic mass is 32.1. The Morgan fingerprint density at radius 3 is 2.57 bits per heavy atom. The number of benzene rings is 1. The van der Waals surface area contributed by atoms with Crippen LogP contribution in [0.25, 0.3) is 10.6 Å². The molecule has 0 fully saturated rings. The average molecular weight is 331 g/mol. The fourth-order valence-corrected chi connectivity index (χ4v) is 3.25. The van der Waals surface area contributed by atoms with Crippen molar-refractivity contribution in [3.63, 3.8) is 0 Å². The summed E-state index contributed by atoms with van der Waals surface area (Å²) in [6, 6.07) is 6.43. The normalized spacial score (nSPS) is 11.3. The van der Waals surface area contributed by atoms with E-state index < -0.39 is 0 Å². The average Bonchev–Trinajstić information content (AvgIpc) is 3.10. The summed E-state index contributed by atoms with van der Waals surface area (Å²) in [5, 5.41) is 6.93. The van der Waals surface area contributed by atoms with Crippen molar-refractivity contribution in [2.45, 2.75) is 26.9 Å². The third-order valence-corrected chi connectivity index (χ3v) is 4.62. The first-order chi connectivity index (χ1) is 11.0. The quantitative estimate of drug-likeness (QED) is 0.703. The minimum absolute atomic E-state index is 0.232. The van der Waals surface area contributed by atoms with Gasteiger partial charge in [-0.15, -0.1) is 11.3 Å². The zero-order valence-electron chi connectivity index (χ0n) is 13.3. The summed E-state index contributed by atoms with van der Waals surface area (Å²) in [7, 11) is 2.04. The molecule has 3 aromatic rings. The topological polar surface area (TPSA) is 42.2 Å². The molecule has 23 heavy (non-hydrogen) atoms. The molecule has 0 saturated heterocycles. The third-order valence-electron chi connectivity index (χ3n) is 3.68. The van der Waals surface area contributed by atoms with Crippen LogP contribution in [-0.2, 0) is 13.1 Å². The van der Waals surface area contributed by atoms with Crippen molar-refractivity contribution >= 4 is 11.3 Å². The summed E-state index contributed by atoms with van der Waals surface area (Å²) in [4.78, 5) is 6.82. The van der Waals surface area contributed by atoms with Gasteiger partial charge in [0.15, 0.2) is 0 Å². The van der Waals surface area contributed by atoms with E-state index >= 15 is 0 Å². The monoisotopic (exact) mass is 331 g/mol. The van der Waals surface area contributed by atoms with Gasteiger partial charge in [-0.05, 0) is 45.2 Å². The number of aromatic nitrogens is 2. The van der Waals surface area contributed by atoms with Gasteiger partial charge in [0.05, 0.1) is 11.4 Å². The lowest BCUT2D eigenvalue weighted by atomic mass is 10.2. The van der Waals surface area contributed by atoms with Crippen molar-refractivity contribution in [2.24, 2.45) is 0 Å². The molecule has 2 heterocycles. The Morgan fingerprint density at radius 1 is 1.17 bits per heavy atom. The number of halogens is 1. The fraction of sp³-hybridized carbons (Fsp3) is 0.294. The highest BCUT2D eigenvalue weighted by Crippen LogP contribution is 2.24. The second kappa shape index (κ2) is 6.60. The van der Waals surface area contributed by atoms with E-state index in [-0.39, 0.29) is 5.82 Å². The molecule has 0 amide bonds. The Kier molecular flexibility index (Phi) is 4.54. The number of nitrogens with zero attached hydrogens (tertiary/aromatic N) is 3. The predicted octanol–water partition coefficient (Wildman–Crippen LogP) is 4.19. The Morgan fingerprint density at radius 2 is 1.91 bits per heavy atom. The number of rotatable bonds is 5. The van der Waals surface area contributed by atoms with E-state index in [0.29, 0.717) is 0 Å². The molecule has 6 heteroatoms. The summed E-state index contributed by atoms with van der Waals surface area (Å²) in [5.74, 6) is 0.629. The molecule has 0 aliphatic heterocycles. The minimum Gasteiger partial charge on any atom is -0.361 e. The summed E-state index contributed by atoms with van der Waals surface area (Å²) in [6.45, 7) is 5.39. The molecule has 0 radical (unpaired) electrons. The van der Waals surface area contributed by atoms with E-state index in [9.17, 15) is 4.39 Å². The van der Waals surface area contributed by atoms with E-state index in [1.54, 1.807) is 23.5 Å². The van der Waals surface area contributed by atoms with Crippen LogP contribution in [0.4, 0.5) is 4.39 Å². The maximum atomic E-state index is 13.0. The van der Waals surface area contributed by atoms with Gasteiger partial charge < -0.3 is 4.52 Å². The molecular weight excluding hydrogens is 313 g/mol. The summed E-state index contributed by atoms with van der Waals surface area (Å²) < 4.78 is 18.2. The van der Waals surface area contributed by atoms with Crippen LogP contribution in [0.1, 0.15) is 22.7 Å². The fourth-order valence-electron chi connectivity index (χ4n) is 2.43. The van der Waals surface area contributed by atoms with Crippen LogP contribution in [0.3, 0.4) is 0 Å². The molecule has 1 aromatic carbocycles. The molecule has 0 spiro atoms. The first kappa shape index (κ1) is 15.8. The number of thiazole rings is 1. The first-order valence-electron chi connectivity index (χ1n) is 7.33. The van der Waals surface area contributed by atoms with Gasteiger partial charge in [-0.2, -0.15) is 0 Å². The molecule has 0 unspecified atom stereocenters. The Labute approximate surface area is 138 Å². The lowest BCUT2D eigenvalue weighted by Gasteiger charge is -2.14. The van der Waals surface area contributed by atoms with Crippen molar-refractivity contribution in [1.82, 2.24) is 15.0 Å². The van der Waals surface area contributed by atoms with Crippen molar-refractivity contribution in [3.8, 4) is 10.6 Å². The van der Waals surface area contributed by atoms with Gasteiger partial charge >= 0.3 is 0 Å². The maximum Gasteiger partial charge on any atom is 0.138 e. The van der Waals surface area contributed by atoms with E-state index in [0.717, 1.165) is 46.4 Å². The molecule has 0 bridgehead atoms. The minimum atomic E-state index is -0.232. The molecule has 4 nitrogen and oxygen atoms in total. The molecule has 0 saturated carbocycles. The standard InChI is InChI=1S/C17H18FN3OS/c1-11-16(12(2)22-20-11)9-21(3)8-15-10-23-17(19-15)13-4-6-14(18)7-5-13/h4-7,10H,8-9H2,1-3H3. The zero-order valence-corrected chi connectivity index (χ0v) is 14.2. The van der Waals surface area contributed by atoms with Gasteiger partial charge in [0.1, 0.15) is 16.6 Å². The van der Waals surface area contributed by atoms with Crippen LogP contribution in [0.2, 0.25) is 0 Å². The van der Waals surface area contributed by atoms with Crippen LogP contribution in [0.15, 0.2) is 34.2 Å². The molecule has 2 aromatic heterocycles. The third kappa shape index (κ3) is 3.65. The van der Waals surface area contributed by atoms with Crippen LogP contribution >= 0.6 is 11.3 Å². The van der Waals surface area contributed by atoms with Gasteiger partial charge in [-0.25, -0.2) is 9.37 Å². The molecule has 0 aliphatic carbocycles. The summed E-state index contributed by atoms with van der Waals surface area (Å²) >= 11 is 1.57. The van der Waals surface area contributed by atoms with Crippen LogP contribution in [0.5, 0.6) is 0 Å². The molecule has 0 aliphatic rings. The molecular formula is C17H18FN3OS. The van der Waals surface area contributed by atoms with E-state index in [1.165, 1.54) is 12.1 Å². The second-order valence-electron chi connectivity index (χ2n) is 5.63. The Balaban J connectivity index is 1.68. The van der Waals surface area contributed by atoms with Crippen molar-refractivity contribution in [3.05, 3.63) is 58.2 Å². The van der Waals surface area contributed by atoms with Crippen molar-refractivity contribution < 1.29 is 8.91 Å². The number of aryl methyl sites for hydroxylation is 2. The Hall–Kier alpha value is -2.05. The molecule has 3 rings (SSSR count). The second-order valence-corrected chi connectivity index (χ2v) is 6.48. The number of hydrogen-bond acceptors (Lipinski definition) is 5. The van der Waals surface area contributed by atoms with Crippen molar-refractivity contribution in [2.75, 3.05) is 7.05 Å². The molecule has 120 valence electrons. The van der Waals surface area contributed by atoms with E-state index in [4.69, 9.17) is 4.52 Å². The van der Waals surface area contributed by atoms with Crippen LogP contribution < -0.4 is 0 Å². The first-order valence-corrected chi connectivity index (χ1v) is 8.21.